The largest absolute Gasteiger partial charge is 0.493 e. The van der Waals surface area contributed by atoms with Gasteiger partial charge in [-0.05, 0) is 44.2 Å². The molecular weight excluding hydrogens is 287 g/mol. The Balaban J connectivity index is 1.57. The Morgan fingerprint density at radius 1 is 1.33 bits per heavy atom. The normalized spacial score (nSPS) is 14.4. The highest BCUT2D eigenvalue weighted by atomic mass is 32.1. The Bertz CT molecular complexity index is 593. The van der Waals surface area contributed by atoms with Crippen LogP contribution in [0.5, 0.6) is 5.75 Å². The van der Waals surface area contributed by atoms with Crippen LogP contribution in [0.1, 0.15) is 34.3 Å². The lowest BCUT2D eigenvalue weighted by atomic mass is 10.2. The van der Waals surface area contributed by atoms with Crippen LogP contribution in [0, 0.1) is 5.82 Å². The number of thiazole rings is 1. The minimum absolute atomic E-state index is 0.243. The van der Waals surface area contributed by atoms with Crippen molar-refractivity contribution in [2.45, 2.75) is 31.7 Å². The van der Waals surface area contributed by atoms with Gasteiger partial charge in [-0.15, -0.1) is 11.3 Å². The van der Waals surface area contributed by atoms with Gasteiger partial charge in [0, 0.05) is 23.8 Å². The summed E-state index contributed by atoms with van der Waals surface area (Å²) in [6, 6.07) is 6.13. The average Bonchev–Trinajstić information content (AvgIpc) is 3.24. The molecule has 0 radical (unpaired) electrons. The molecule has 2 aromatic rings. The summed E-state index contributed by atoms with van der Waals surface area (Å²) in [5.74, 6) is 1.13. The second kappa shape index (κ2) is 6.54. The van der Waals surface area contributed by atoms with Gasteiger partial charge in [-0.2, -0.15) is 0 Å². The van der Waals surface area contributed by atoms with Gasteiger partial charge in [0.15, 0.2) is 0 Å². The molecule has 1 aliphatic carbocycles. The fraction of sp³-hybridized carbons (Fsp3) is 0.438. The summed E-state index contributed by atoms with van der Waals surface area (Å²) in [5.41, 5.74) is 1.28. The molecule has 21 heavy (non-hydrogen) atoms. The maximum atomic E-state index is 12.8. The Morgan fingerprint density at radius 3 is 2.76 bits per heavy atom. The maximum Gasteiger partial charge on any atom is 0.123 e. The van der Waals surface area contributed by atoms with Crippen LogP contribution >= 0.6 is 11.3 Å². The van der Waals surface area contributed by atoms with Gasteiger partial charge in [0.05, 0.1) is 17.3 Å². The van der Waals surface area contributed by atoms with Crippen LogP contribution < -0.4 is 10.1 Å². The van der Waals surface area contributed by atoms with E-state index in [0.29, 0.717) is 18.3 Å². The Labute approximate surface area is 128 Å². The molecule has 1 aromatic carbocycles. The molecule has 1 aliphatic rings. The van der Waals surface area contributed by atoms with E-state index in [2.05, 4.69) is 5.32 Å². The molecule has 0 amide bonds. The van der Waals surface area contributed by atoms with Crippen LogP contribution in [0.25, 0.3) is 0 Å². The molecule has 3 nitrogen and oxygen atoms in total. The minimum Gasteiger partial charge on any atom is -0.493 e. The van der Waals surface area contributed by atoms with Gasteiger partial charge < -0.3 is 10.1 Å². The quantitative estimate of drug-likeness (QED) is 0.850. The minimum atomic E-state index is -0.243. The van der Waals surface area contributed by atoms with E-state index in [9.17, 15) is 4.39 Å². The second-order valence-corrected chi connectivity index (χ2v) is 6.44. The molecule has 3 rings (SSSR count). The number of nitrogens with one attached hydrogen (secondary N) is 1. The van der Waals surface area contributed by atoms with E-state index in [4.69, 9.17) is 9.72 Å². The van der Waals surface area contributed by atoms with Gasteiger partial charge in [0.25, 0.3) is 0 Å². The Hall–Kier alpha value is -1.46. The summed E-state index contributed by atoms with van der Waals surface area (Å²) >= 11 is 1.78. The number of hydrogen-bond acceptors (Lipinski definition) is 4. The number of aromatic nitrogens is 1. The van der Waals surface area contributed by atoms with Crippen LogP contribution in [0.2, 0.25) is 0 Å². The molecule has 1 aromatic heterocycles. The SMILES string of the molecule is CNCc1sc(CCOc2ccc(F)cc2)nc1C1CC1. The van der Waals surface area contributed by atoms with Crippen LogP contribution in [0.4, 0.5) is 4.39 Å². The predicted octanol–water partition coefficient (Wildman–Crippen LogP) is 3.50. The first-order valence-corrected chi connectivity index (χ1v) is 8.09. The molecule has 0 spiro atoms. The number of hydrogen-bond donors (Lipinski definition) is 1. The van der Waals surface area contributed by atoms with Crippen molar-refractivity contribution in [1.29, 1.82) is 0 Å². The molecule has 5 heteroatoms. The highest BCUT2D eigenvalue weighted by Crippen LogP contribution is 2.42. The molecule has 112 valence electrons. The Kier molecular flexibility index (Phi) is 4.51. The number of benzene rings is 1. The number of nitrogens with zero attached hydrogens (tertiary/aromatic N) is 1. The molecule has 0 unspecified atom stereocenters. The number of halogens is 1. The molecule has 1 N–H and O–H groups in total. The van der Waals surface area contributed by atoms with E-state index in [1.165, 1.54) is 35.5 Å². The Morgan fingerprint density at radius 2 is 2.10 bits per heavy atom. The van der Waals surface area contributed by atoms with Crippen molar-refractivity contribution >= 4 is 11.3 Å². The number of ether oxygens (including phenoxy) is 1. The lowest BCUT2D eigenvalue weighted by Crippen LogP contribution is -2.05. The molecule has 0 aliphatic heterocycles. The fourth-order valence-electron chi connectivity index (χ4n) is 2.27. The van der Waals surface area contributed by atoms with Crippen molar-refractivity contribution in [3.05, 3.63) is 45.7 Å². The standard InChI is InChI=1S/C16H19FN2OS/c1-18-10-14-16(11-2-3-11)19-15(21-14)8-9-20-13-6-4-12(17)5-7-13/h4-7,11,18H,2-3,8-10H2,1H3. The summed E-state index contributed by atoms with van der Waals surface area (Å²) in [6.45, 7) is 1.46. The van der Waals surface area contributed by atoms with E-state index in [1.54, 1.807) is 23.5 Å². The highest BCUT2D eigenvalue weighted by molar-refractivity contribution is 7.11. The summed E-state index contributed by atoms with van der Waals surface area (Å²) < 4.78 is 18.4. The van der Waals surface area contributed by atoms with Crippen molar-refractivity contribution in [3.8, 4) is 5.75 Å². The van der Waals surface area contributed by atoms with Crippen LogP contribution in [0.3, 0.4) is 0 Å². The van der Waals surface area contributed by atoms with Crippen molar-refractivity contribution in [1.82, 2.24) is 10.3 Å². The lowest BCUT2D eigenvalue weighted by Gasteiger charge is -2.04. The van der Waals surface area contributed by atoms with Gasteiger partial charge in [0.2, 0.25) is 0 Å². The zero-order valence-corrected chi connectivity index (χ0v) is 12.9. The molecule has 0 atom stereocenters. The zero-order chi connectivity index (χ0) is 14.7. The van der Waals surface area contributed by atoms with Crippen LogP contribution in [-0.4, -0.2) is 18.6 Å². The van der Waals surface area contributed by atoms with Gasteiger partial charge in [0.1, 0.15) is 11.6 Å². The summed E-state index contributed by atoms with van der Waals surface area (Å²) in [4.78, 5) is 6.13. The van der Waals surface area contributed by atoms with Crippen molar-refractivity contribution < 1.29 is 9.13 Å². The van der Waals surface area contributed by atoms with Gasteiger partial charge in [-0.1, -0.05) is 0 Å². The third-order valence-electron chi connectivity index (χ3n) is 3.47. The smallest absolute Gasteiger partial charge is 0.123 e. The van der Waals surface area contributed by atoms with Gasteiger partial charge in [-0.25, -0.2) is 9.37 Å². The third kappa shape index (κ3) is 3.80. The predicted molar refractivity (Wildman–Crippen MR) is 82.5 cm³/mol. The summed E-state index contributed by atoms with van der Waals surface area (Å²) in [5, 5.41) is 4.34. The zero-order valence-electron chi connectivity index (χ0n) is 12.1. The maximum absolute atomic E-state index is 12.8. The summed E-state index contributed by atoms with van der Waals surface area (Å²) in [7, 11) is 1.97. The number of rotatable bonds is 7. The molecule has 1 heterocycles. The average molecular weight is 306 g/mol. The summed E-state index contributed by atoms with van der Waals surface area (Å²) in [6.07, 6.45) is 3.34. The second-order valence-electron chi connectivity index (χ2n) is 5.27. The first-order valence-electron chi connectivity index (χ1n) is 7.27. The van der Waals surface area contributed by atoms with Crippen molar-refractivity contribution in [3.63, 3.8) is 0 Å². The van der Waals surface area contributed by atoms with Crippen LogP contribution in [0.15, 0.2) is 24.3 Å². The van der Waals surface area contributed by atoms with Crippen molar-refractivity contribution in [2.24, 2.45) is 0 Å². The molecule has 1 saturated carbocycles. The molecule has 1 fully saturated rings. The van der Waals surface area contributed by atoms with Gasteiger partial charge in [-0.3, -0.25) is 0 Å². The molecule has 0 bridgehead atoms. The van der Waals surface area contributed by atoms with E-state index in [-0.39, 0.29) is 5.82 Å². The highest BCUT2D eigenvalue weighted by Gasteiger charge is 2.29. The third-order valence-corrected chi connectivity index (χ3v) is 4.60. The molecular formula is C16H19FN2OS. The topological polar surface area (TPSA) is 34.1 Å². The first kappa shape index (κ1) is 14.5. The van der Waals surface area contributed by atoms with E-state index in [1.807, 2.05) is 7.05 Å². The lowest BCUT2D eigenvalue weighted by molar-refractivity contribution is 0.321. The van der Waals surface area contributed by atoms with Crippen molar-refractivity contribution in [2.75, 3.05) is 13.7 Å². The van der Waals surface area contributed by atoms with Gasteiger partial charge >= 0.3 is 0 Å². The van der Waals surface area contributed by atoms with E-state index < -0.39 is 0 Å². The van der Waals surface area contributed by atoms with Crippen LogP contribution in [-0.2, 0) is 13.0 Å². The van der Waals surface area contributed by atoms with E-state index in [0.717, 1.165) is 18.0 Å². The monoisotopic (exact) mass is 306 g/mol. The van der Waals surface area contributed by atoms with E-state index >= 15 is 0 Å². The fourth-order valence-corrected chi connectivity index (χ4v) is 3.42. The molecule has 0 saturated heterocycles. The first-order chi connectivity index (χ1) is 10.3.